The Labute approximate surface area is 182 Å². The fourth-order valence-electron chi connectivity index (χ4n) is 4.23. The number of hydrogen-bond acceptors (Lipinski definition) is 5. The fourth-order valence-corrected chi connectivity index (χ4v) is 4.23. The molecule has 160 valence electrons. The van der Waals surface area contributed by atoms with Crippen LogP contribution in [0.5, 0.6) is 0 Å². The van der Waals surface area contributed by atoms with Crippen molar-refractivity contribution in [3.05, 3.63) is 77.6 Å². The molecule has 1 aromatic heterocycles. The van der Waals surface area contributed by atoms with Gasteiger partial charge in [-0.25, -0.2) is 4.68 Å². The molecule has 2 fully saturated rings. The Balaban J connectivity index is 1.36. The molecule has 0 spiro atoms. The average molecular weight is 418 g/mol. The van der Waals surface area contributed by atoms with E-state index >= 15 is 0 Å². The third kappa shape index (κ3) is 4.38. The summed E-state index contributed by atoms with van der Waals surface area (Å²) < 4.78 is 7.35. The van der Waals surface area contributed by atoms with E-state index in [9.17, 15) is 4.79 Å². The first kappa shape index (κ1) is 19.9. The van der Waals surface area contributed by atoms with Crippen LogP contribution in [0.2, 0.25) is 0 Å². The maximum atomic E-state index is 13.2. The van der Waals surface area contributed by atoms with Crippen LogP contribution in [0.25, 0.3) is 5.69 Å². The van der Waals surface area contributed by atoms with E-state index in [2.05, 4.69) is 32.7 Å². The number of amides is 1. The summed E-state index contributed by atoms with van der Waals surface area (Å²) in [6.45, 7) is 3.66. The van der Waals surface area contributed by atoms with Crippen molar-refractivity contribution < 1.29 is 9.53 Å². The molecule has 7 heteroatoms. The number of carbonyl (C=O) groups excluding carboxylic acids is 1. The molecule has 2 aromatic carbocycles. The Hall–Kier alpha value is -3.03. The molecule has 0 radical (unpaired) electrons. The lowest BCUT2D eigenvalue weighted by atomic mass is 10.0. The third-order valence-electron chi connectivity index (χ3n) is 6.01. The van der Waals surface area contributed by atoms with Crippen molar-refractivity contribution >= 4 is 5.91 Å². The van der Waals surface area contributed by atoms with Crippen LogP contribution in [0, 0.1) is 0 Å². The Kier molecular flexibility index (Phi) is 5.78. The zero-order valence-corrected chi connectivity index (χ0v) is 17.5. The molecule has 1 amide bonds. The average Bonchev–Trinajstić information content (AvgIpc) is 3.58. The second-order valence-electron chi connectivity index (χ2n) is 8.13. The van der Waals surface area contributed by atoms with E-state index in [1.165, 1.54) is 5.56 Å². The van der Waals surface area contributed by atoms with Gasteiger partial charge < -0.3 is 10.1 Å². The predicted octanol–water partition coefficient (Wildman–Crippen LogP) is 2.95. The number of benzene rings is 2. The number of morpholine rings is 1. The first-order valence-electron chi connectivity index (χ1n) is 11.0. The molecule has 31 heavy (non-hydrogen) atoms. The number of carbonyl (C=O) groups is 1. The van der Waals surface area contributed by atoms with Crippen molar-refractivity contribution in [2.45, 2.75) is 24.8 Å². The maximum absolute atomic E-state index is 13.2. The van der Waals surface area contributed by atoms with Crippen molar-refractivity contribution in [3.63, 3.8) is 0 Å². The number of nitrogens with one attached hydrogen (secondary N) is 1. The number of nitrogens with zero attached hydrogens (tertiary/aromatic N) is 4. The van der Waals surface area contributed by atoms with Gasteiger partial charge in [-0.3, -0.25) is 9.69 Å². The van der Waals surface area contributed by atoms with Gasteiger partial charge >= 0.3 is 0 Å². The van der Waals surface area contributed by atoms with Crippen LogP contribution in [0.3, 0.4) is 0 Å². The number of ether oxygens (including phenoxy) is 1. The molecule has 1 N–H and O–H groups in total. The highest BCUT2D eigenvalue weighted by molar-refractivity contribution is 5.93. The van der Waals surface area contributed by atoms with Crippen LogP contribution in [-0.2, 0) is 4.74 Å². The van der Waals surface area contributed by atoms with Gasteiger partial charge in [-0.1, -0.05) is 53.7 Å². The molecule has 1 atom stereocenters. The molecule has 1 saturated carbocycles. The summed E-state index contributed by atoms with van der Waals surface area (Å²) in [7, 11) is 0. The standard InChI is InChI=1S/C24H27N5O2/c30-24(22-23(19-11-12-19)29(27-26-22)20-9-5-2-6-10-20)25-17-21(18-7-3-1-4-8-18)28-13-15-31-16-14-28/h1-10,19,21H,11-17H2,(H,25,30). The minimum Gasteiger partial charge on any atom is -0.379 e. The van der Waals surface area contributed by atoms with Crippen LogP contribution >= 0.6 is 0 Å². The molecule has 1 aliphatic heterocycles. The van der Waals surface area contributed by atoms with Crippen LogP contribution in [0.4, 0.5) is 0 Å². The van der Waals surface area contributed by atoms with Gasteiger partial charge in [0.1, 0.15) is 0 Å². The molecule has 2 heterocycles. The Bertz CT molecular complexity index is 1010. The first-order valence-corrected chi connectivity index (χ1v) is 11.0. The molecule has 5 rings (SSSR count). The molecule has 1 unspecified atom stereocenters. The Morgan fingerprint density at radius 3 is 2.39 bits per heavy atom. The summed E-state index contributed by atoms with van der Waals surface area (Å²) in [6.07, 6.45) is 2.14. The lowest BCUT2D eigenvalue weighted by Gasteiger charge is -2.34. The summed E-state index contributed by atoms with van der Waals surface area (Å²) in [6, 6.07) is 20.3. The lowest BCUT2D eigenvalue weighted by Crippen LogP contribution is -2.44. The monoisotopic (exact) mass is 417 g/mol. The summed E-state index contributed by atoms with van der Waals surface area (Å²) in [5.41, 5.74) is 3.50. The number of hydrogen-bond donors (Lipinski definition) is 1. The number of rotatable bonds is 7. The smallest absolute Gasteiger partial charge is 0.273 e. The van der Waals surface area contributed by atoms with E-state index < -0.39 is 0 Å². The highest BCUT2D eigenvalue weighted by Gasteiger charge is 2.34. The van der Waals surface area contributed by atoms with Crippen molar-refractivity contribution in [2.75, 3.05) is 32.8 Å². The van der Waals surface area contributed by atoms with E-state index in [4.69, 9.17) is 4.74 Å². The van der Waals surface area contributed by atoms with Crippen molar-refractivity contribution in [2.24, 2.45) is 0 Å². The molecular weight excluding hydrogens is 390 g/mol. The highest BCUT2D eigenvalue weighted by Crippen LogP contribution is 2.42. The lowest BCUT2D eigenvalue weighted by molar-refractivity contribution is 0.0162. The molecule has 1 aliphatic carbocycles. The van der Waals surface area contributed by atoms with Gasteiger partial charge in [-0.2, -0.15) is 0 Å². The van der Waals surface area contributed by atoms with Crippen LogP contribution < -0.4 is 5.32 Å². The zero-order valence-electron chi connectivity index (χ0n) is 17.5. The van der Waals surface area contributed by atoms with Gasteiger partial charge in [0.2, 0.25) is 0 Å². The van der Waals surface area contributed by atoms with Crippen molar-refractivity contribution in [1.82, 2.24) is 25.2 Å². The quantitative estimate of drug-likeness (QED) is 0.640. The fraction of sp³-hybridized carbons (Fsp3) is 0.375. The third-order valence-corrected chi connectivity index (χ3v) is 6.01. The Morgan fingerprint density at radius 2 is 1.71 bits per heavy atom. The van der Waals surface area contributed by atoms with E-state index in [0.29, 0.717) is 31.4 Å². The van der Waals surface area contributed by atoms with Crippen LogP contribution in [0.1, 0.15) is 46.5 Å². The summed E-state index contributed by atoms with van der Waals surface area (Å²) in [4.78, 5) is 15.6. The second-order valence-corrected chi connectivity index (χ2v) is 8.13. The summed E-state index contributed by atoms with van der Waals surface area (Å²) >= 11 is 0. The van der Waals surface area contributed by atoms with E-state index in [-0.39, 0.29) is 11.9 Å². The molecule has 3 aromatic rings. The van der Waals surface area contributed by atoms with Gasteiger partial charge in [0.15, 0.2) is 5.69 Å². The first-order chi connectivity index (χ1) is 15.3. The highest BCUT2D eigenvalue weighted by atomic mass is 16.5. The largest absolute Gasteiger partial charge is 0.379 e. The van der Waals surface area contributed by atoms with E-state index in [1.54, 1.807) is 0 Å². The number of aromatic nitrogens is 3. The molecular formula is C24H27N5O2. The van der Waals surface area contributed by atoms with E-state index in [1.807, 2.05) is 53.2 Å². The topological polar surface area (TPSA) is 72.3 Å². The summed E-state index contributed by atoms with van der Waals surface area (Å²) in [5, 5.41) is 11.8. The van der Waals surface area contributed by atoms with Gasteiger partial charge in [0, 0.05) is 25.6 Å². The van der Waals surface area contributed by atoms with E-state index in [0.717, 1.165) is 37.3 Å². The van der Waals surface area contributed by atoms with Gasteiger partial charge in [0.25, 0.3) is 5.91 Å². The molecule has 7 nitrogen and oxygen atoms in total. The van der Waals surface area contributed by atoms with Crippen LogP contribution in [-0.4, -0.2) is 58.6 Å². The minimum absolute atomic E-state index is 0.0996. The van der Waals surface area contributed by atoms with Crippen LogP contribution in [0.15, 0.2) is 60.7 Å². The van der Waals surface area contributed by atoms with Gasteiger partial charge in [-0.05, 0) is 30.5 Å². The maximum Gasteiger partial charge on any atom is 0.273 e. The second kappa shape index (κ2) is 8.99. The van der Waals surface area contributed by atoms with Crippen molar-refractivity contribution in [3.8, 4) is 5.69 Å². The Morgan fingerprint density at radius 1 is 1.03 bits per heavy atom. The van der Waals surface area contributed by atoms with Gasteiger partial charge in [-0.15, -0.1) is 5.10 Å². The normalized spacial score (nSPS) is 17.9. The minimum atomic E-state index is -0.154. The molecule has 0 bridgehead atoms. The van der Waals surface area contributed by atoms with Gasteiger partial charge in [0.05, 0.1) is 30.6 Å². The SMILES string of the molecule is O=C(NCC(c1ccccc1)N1CCOCC1)c1nnn(-c2ccccc2)c1C1CC1. The number of para-hydroxylation sites is 1. The summed E-state index contributed by atoms with van der Waals surface area (Å²) in [5.74, 6) is 0.193. The zero-order chi connectivity index (χ0) is 21.0. The molecule has 2 aliphatic rings. The predicted molar refractivity (Wildman–Crippen MR) is 117 cm³/mol. The van der Waals surface area contributed by atoms with Crippen molar-refractivity contribution in [1.29, 1.82) is 0 Å². The molecule has 1 saturated heterocycles.